The van der Waals surface area contributed by atoms with Gasteiger partial charge < -0.3 is 11.1 Å². The molecule has 0 aliphatic rings. The lowest BCUT2D eigenvalue weighted by atomic mass is 9.98. The van der Waals surface area contributed by atoms with Crippen LogP contribution in [0.15, 0.2) is 24.3 Å². The van der Waals surface area contributed by atoms with Crippen LogP contribution in [0.1, 0.15) is 26.3 Å². The number of rotatable bonds is 5. The molecule has 0 spiro atoms. The predicted molar refractivity (Wildman–Crippen MR) is 77.8 cm³/mol. The van der Waals surface area contributed by atoms with Crippen molar-refractivity contribution in [3.05, 3.63) is 35.6 Å². The average molecular weight is 289 g/mol. The summed E-state index contributed by atoms with van der Waals surface area (Å²) >= 11 is 0. The van der Waals surface area contributed by atoms with Crippen molar-refractivity contribution in [1.82, 2.24) is 5.32 Å². The summed E-state index contributed by atoms with van der Waals surface area (Å²) in [4.78, 5) is 11.9. The minimum absolute atomic E-state index is 0. The maximum absolute atomic E-state index is 13.5. The van der Waals surface area contributed by atoms with E-state index in [-0.39, 0.29) is 30.0 Å². The number of carbonyl (C=O) groups is 1. The summed E-state index contributed by atoms with van der Waals surface area (Å²) in [5.41, 5.74) is 5.69. The van der Waals surface area contributed by atoms with Gasteiger partial charge in [-0.2, -0.15) is 0 Å². The summed E-state index contributed by atoms with van der Waals surface area (Å²) in [5.74, 6) is -0.656. The van der Waals surface area contributed by atoms with Crippen molar-refractivity contribution >= 4 is 18.3 Å². The van der Waals surface area contributed by atoms with E-state index in [1.54, 1.807) is 25.1 Å². The molecule has 0 saturated carbocycles. The second-order valence-corrected chi connectivity index (χ2v) is 5.27. The third-order valence-electron chi connectivity index (χ3n) is 2.90. The molecule has 1 rings (SSSR count). The van der Waals surface area contributed by atoms with Crippen LogP contribution in [-0.4, -0.2) is 18.0 Å². The van der Waals surface area contributed by atoms with Crippen LogP contribution >= 0.6 is 12.4 Å². The van der Waals surface area contributed by atoms with Crippen LogP contribution in [0.25, 0.3) is 0 Å². The Balaban J connectivity index is 0.00000324. The standard InChI is InChI=1S/C14H21FN2O.ClH/c1-10(13(18)17-14(2,3)9-16)8-11-6-4-5-7-12(11)15;/h4-7,10H,8-9,16H2,1-3H3,(H,17,18);1H. The van der Waals surface area contributed by atoms with E-state index in [0.717, 1.165) is 0 Å². The quantitative estimate of drug-likeness (QED) is 0.873. The normalized spacial score (nSPS) is 12.5. The molecule has 3 N–H and O–H groups in total. The Labute approximate surface area is 120 Å². The first kappa shape index (κ1) is 17.9. The highest BCUT2D eigenvalue weighted by Gasteiger charge is 2.22. The second-order valence-electron chi connectivity index (χ2n) is 5.27. The molecule has 1 unspecified atom stereocenters. The molecule has 0 aliphatic heterocycles. The summed E-state index contributed by atoms with van der Waals surface area (Å²) in [6, 6.07) is 6.52. The van der Waals surface area contributed by atoms with Gasteiger partial charge in [0.15, 0.2) is 0 Å². The zero-order chi connectivity index (χ0) is 13.8. The predicted octanol–water partition coefficient (Wildman–Crippen LogP) is 2.28. The summed E-state index contributed by atoms with van der Waals surface area (Å²) in [6.07, 6.45) is 0.388. The molecule has 0 saturated heterocycles. The number of amides is 1. The van der Waals surface area contributed by atoms with Gasteiger partial charge in [0.25, 0.3) is 0 Å². The van der Waals surface area contributed by atoms with E-state index >= 15 is 0 Å². The van der Waals surface area contributed by atoms with Crippen LogP contribution in [0.3, 0.4) is 0 Å². The van der Waals surface area contributed by atoms with Gasteiger partial charge in [-0.25, -0.2) is 4.39 Å². The van der Waals surface area contributed by atoms with Crippen molar-refractivity contribution in [1.29, 1.82) is 0 Å². The van der Waals surface area contributed by atoms with Gasteiger partial charge in [0.1, 0.15) is 5.82 Å². The molecule has 0 radical (unpaired) electrons. The second kappa shape index (κ2) is 7.46. The number of hydrogen-bond acceptors (Lipinski definition) is 2. The van der Waals surface area contributed by atoms with Crippen LogP contribution in [0, 0.1) is 11.7 Å². The van der Waals surface area contributed by atoms with E-state index in [9.17, 15) is 9.18 Å². The zero-order valence-corrected chi connectivity index (χ0v) is 12.4. The van der Waals surface area contributed by atoms with E-state index in [0.29, 0.717) is 18.5 Å². The fourth-order valence-corrected chi connectivity index (χ4v) is 1.59. The van der Waals surface area contributed by atoms with Crippen LogP contribution in [0.4, 0.5) is 4.39 Å². The monoisotopic (exact) mass is 288 g/mol. The summed E-state index contributed by atoms with van der Waals surface area (Å²) in [7, 11) is 0. The molecule has 108 valence electrons. The van der Waals surface area contributed by atoms with Crippen LogP contribution in [-0.2, 0) is 11.2 Å². The Morgan fingerprint density at radius 2 is 2.00 bits per heavy atom. The first-order valence-electron chi connectivity index (χ1n) is 6.11. The molecule has 0 bridgehead atoms. The summed E-state index contributed by atoms with van der Waals surface area (Å²) in [5, 5.41) is 2.86. The van der Waals surface area contributed by atoms with Crippen molar-refractivity contribution < 1.29 is 9.18 Å². The largest absolute Gasteiger partial charge is 0.350 e. The third kappa shape index (κ3) is 5.57. The van der Waals surface area contributed by atoms with Gasteiger partial charge in [0.2, 0.25) is 5.91 Å². The van der Waals surface area contributed by atoms with Gasteiger partial charge in [0.05, 0.1) is 0 Å². The van der Waals surface area contributed by atoms with Crippen molar-refractivity contribution in [3.8, 4) is 0 Å². The molecule has 1 aromatic rings. The van der Waals surface area contributed by atoms with Crippen molar-refractivity contribution in [2.75, 3.05) is 6.54 Å². The highest BCUT2D eigenvalue weighted by atomic mass is 35.5. The lowest BCUT2D eigenvalue weighted by Crippen LogP contribution is -2.50. The maximum atomic E-state index is 13.5. The Morgan fingerprint density at radius 1 is 1.42 bits per heavy atom. The van der Waals surface area contributed by atoms with E-state index in [1.807, 2.05) is 13.8 Å². The molecule has 0 aliphatic carbocycles. The van der Waals surface area contributed by atoms with E-state index in [4.69, 9.17) is 5.73 Å². The molecule has 19 heavy (non-hydrogen) atoms. The zero-order valence-electron chi connectivity index (χ0n) is 11.6. The number of halogens is 2. The number of carbonyl (C=O) groups excluding carboxylic acids is 1. The van der Waals surface area contributed by atoms with Crippen molar-refractivity contribution in [2.24, 2.45) is 11.7 Å². The highest BCUT2D eigenvalue weighted by Crippen LogP contribution is 2.13. The van der Waals surface area contributed by atoms with Crippen LogP contribution in [0.5, 0.6) is 0 Å². The van der Waals surface area contributed by atoms with E-state index in [1.165, 1.54) is 6.07 Å². The van der Waals surface area contributed by atoms with Crippen LogP contribution in [0.2, 0.25) is 0 Å². The summed E-state index contributed by atoms with van der Waals surface area (Å²) in [6.45, 7) is 5.88. The van der Waals surface area contributed by atoms with Crippen molar-refractivity contribution in [3.63, 3.8) is 0 Å². The van der Waals surface area contributed by atoms with Gasteiger partial charge in [-0.15, -0.1) is 12.4 Å². The van der Waals surface area contributed by atoms with Crippen LogP contribution < -0.4 is 11.1 Å². The number of nitrogens with one attached hydrogen (secondary N) is 1. The minimum Gasteiger partial charge on any atom is -0.350 e. The third-order valence-corrected chi connectivity index (χ3v) is 2.90. The smallest absolute Gasteiger partial charge is 0.223 e. The van der Waals surface area contributed by atoms with E-state index < -0.39 is 5.54 Å². The SMILES string of the molecule is CC(Cc1ccccc1F)C(=O)NC(C)(C)CN.Cl. The molecule has 0 aromatic heterocycles. The van der Waals surface area contributed by atoms with Crippen molar-refractivity contribution in [2.45, 2.75) is 32.7 Å². The maximum Gasteiger partial charge on any atom is 0.223 e. The molecule has 3 nitrogen and oxygen atoms in total. The Morgan fingerprint density at radius 3 is 2.53 bits per heavy atom. The van der Waals surface area contributed by atoms with E-state index in [2.05, 4.69) is 5.32 Å². The number of hydrogen-bond donors (Lipinski definition) is 2. The Kier molecular flexibility index (Phi) is 7.01. The molecule has 1 atom stereocenters. The number of nitrogens with two attached hydrogens (primary N) is 1. The first-order chi connectivity index (χ1) is 8.35. The lowest BCUT2D eigenvalue weighted by molar-refractivity contribution is -0.126. The average Bonchev–Trinajstić information content (AvgIpc) is 2.31. The summed E-state index contributed by atoms with van der Waals surface area (Å²) < 4.78 is 13.5. The Bertz CT molecular complexity index is 424. The Hall–Kier alpha value is -1.13. The van der Waals surface area contributed by atoms with Gasteiger partial charge in [-0.1, -0.05) is 25.1 Å². The molecule has 1 amide bonds. The van der Waals surface area contributed by atoms with Gasteiger partial charge in [-0.05, 0) is 31.9 Å². The molecule has 0 heterocycles. The fraction of sp³-hybridized carbons (Fsp3) is 0.500. The molecular weight excluding hydrogens is 267 g/mol. The molecule has 0 fully saturated rings. The lowest BCUT2D eigenvalue weighted by Gasteiger charge is -2.26. The van der Waals surface area contributed by atoms with Gasteiger partial charge in [0, 0.05) is 18.0 Å². The molecule has 5 heteroatoms. The fourth-order valence-electron chi connectivity index (χ4n) is 1.59. The molecular formula is C14H22ClFN2O. The minimum atomic E-state index is -0.430. The molecule has 1 aromatic carbocycles. The topological polar surface area (TPSA) is 55.1 Å². The van der Waals surface area contributed by atoms with Gasteiger partial charge in [-0.3, -0.25) is 4.79 Å². The first-order valence-corrected chi connectivity index (χ1v) is 6.11. The van der Waals surface area contributed by atoms with Gasteiger partial charge >= 0.3 is 0 Å². The highest BCUT2D eigenvalue weighted by molar-refractivity contribution is 5.85. The number of benzene rings is 1.